The molecule has 3 nitrogen and oxygen atoms in total. The standard InChI is InChI=1S/C13H11BrN2OS/c1-9(17)15-10-5-7-11(8-6-10)18-13-4-2-3-12(14)16-13/h2-8H,1H3,(H,15,17). The third-order valence-corrected chi connectivity index (χ3v) is 3.47. The number of benzene rings is 1. The first kappa shape index (κ1) is 13.1. The van der Waals surface area contributed by atoms with E-state index < -0.39 is 0 Å². The highest BCUT2D eigenvalue weighted by Crippen LogP contribution is 2.27. The number of hydrogen-bond donors (Lipinski definition) is 1. The van der Waals surface area contributed by atoms with E-state index >= 15 is 0 Å². The molecular weight excluding hydrogens is 312 g/mol. The fourth-order valence-corrected chi connectivity index (χ4v) is 2.64. The summed E-state index contributed by atoms with van der Waals surface area (Å²) in [5.74, 6) is -0.0657. The summed E-state index contributed by atoms with van der Waals surface area (Å²) in [5, 5.41) is 3.66. The first-order chi connectivity index (χ1) is 8.63. The Morgan fingerprint density at radius 3 is 2.56 bits per heavy atom. The van der Waals surface area contributed by atoms with Crippen LogP contribution in [0.2, 0.25) is 0 Å². The number of halogens is 1. The molecule has 0 bridgehead atoms. The highest BCUT2D eigenvalue weighted by molar-refractivity contribution is 9.10. The van der Waals surface area contributed by atoms with Crippen LogP contribution in [0.5, 0.6) is 0 Å². The molecule has 0 aliphatic heterocycles. The molecule has 0 fully saturated rings. The molecule has 0 aliphatic rings. The van der Waals surface area contributed by atoms with Gasteiger partial charge in [-0.2, -0.15) is 0 Å². The minimum absolute atomic E-state index is 0.0657. The summed E-state index contributed by atoms with van der Waals surface area (Å²) in [6.07, 6.45) is 0. The smallest absolute Gasteiger partial charge is 0.221 e. The number of pyridine rings is 1. The van der Waals surface area contributed by atoms with Gasteiger partial charge in [0, 0.05) is 17.5 Å². The fraction of sp³-hybridized carbons (Fsp3) is 0.0769. The summed E-state index contributed by atoms with van der Waals surface area (Å²) in [6.45, 7) is 1.49. The van der Waals surface area contributed by atoms with Crippen molar-refractivity contribution in [3.05, 3.63) is 47.1 Å². The van der Waals surface area contributed by atoms with Gasteiger partial charge in [0.1, 0.15) is 9.63 Å². The first-order valence-corrected chi connectivity index (χ1v) is 6.92. The van der Waals surface area contributed by atoms with Gasteiger partial charge in [-0.25, -0.2) is 4.98 Å². The van der Waals surface area contributed by atoms with E-state index in [0.717, 1.165) is 20.2 Å². The minimum atomic E-state index is -0.0657. The second-order valence-corrected chi connectivity index (χ2v) is 5.51. The van der Waals surface area contributed by atoms with Crippen molar-refractivity contribution >= 4 is 39.3 Å². The van der Waals surface area contributed by atoms with Crippen LogP contribution in [-0.2, 0) is 4.79 Å². The summed E-state index contributed by atoms with van der Waals surface area (Å²) in [5.41, 5.74) is 0.800. The van der Waals surface area contributed by atoms with Crippen molar-refractivity contribution in [1.29, 1.82) is 0 Å². The van der Waals surface area contributed by atoms with Crippen LogP contribution in [0.4, 0.5) is 5.69 Å². The molecule has 0 saturated heterocycles. The van der Waals surface area contributed by atoms with Gasteiger partial charge in [0.2, 0.25) is 5.91 Å². The zero-order chi connectivity index (χ0) is 13.0. The maximum atomic E-state index is 10.9. The molecule has 0 spiro atoms. The molecule has 0 radical (unpaired) electrons. The molecule has 0 unspecified atom stereocenters. The van der Waals surface area contributed by atoms with Gasteiger partial charge in [-0.3, -0.25) is 4.79 Å². The van der Waals surface area contributed by atoms with E-state index in [-0.39, 0.29) is 5.91 Å². The molecule has 0 aliphatic carbocycles. The van der Waals surface area contributed by atoms with Crippen LogP contribution in [0.3, 0.4) is 0 Å². The number of carbonyl (C=O) groups excluding carboxylic acids is 1. The summed E-state index contributed by atoms with van der Waals surface area (Å²) >= 11 is 4.92. The number of anilines is 1. The topological polar surface area (TPSA) is 42.0 Å². The molecule has 1 N–H and O–H groups in total. The van der Waals surface area contributed by atoms with Gasteiger partial charge in [-0.1, -0.05) is 17.8 Å². The number of nitrogens with one attached hydrogen (secondary N) is 1. The average molecular weight is 323 g/mol. The lowest BCUT2D eigenvalue weighted by Gasteiger charge is -2.04. The van der Waals surface area contributed by atoms with E-state index in [1.807, 2.05) is 42.5 Å². The largest absolute Gasteiger partial charge is 0.326 e. The third kappa shape index (κ3) is 3.85. The van der Waals surface area contributed by atoms with Crippen molar-refractivity contribution in [3.63, 3.8) is 0 Å². The molecule has 1 aromatic carbocycles. The molecule has 1 heterocycles. The molecule has 5 heteroatoms. The molecule has 0 atom stereocenters. The van der Waals surface area contributed by atoms with Gasteiger partial charge in [-0.05, 0) is 52.3 Å². The van der Waals surface area contributed by atoms with Crippen molar-refractivity contribution in [2.75, 3.05) is 5.32 Å². The summed E-state index contributed by atoms with van der Waals surface area (Å²) < 4.78 is 0.822. The Hall–Kier alpha value is -1.33. The monoisotopic (exact) mass is 322 g/mol. The van der Waals surface area contributed by atoms with E-state index in [2.05, 4.69) is 26.2 Å². The normalized spacial score (nSPS) is 10.1. The Kier molecular flexibility index (Phi) is 4.38. The lowest BCUT2D eigenvalue weighted by atomic mass is 10.3. The van der Waals surface area contributed by atoms with E-state index in [0.29, 0.717) is 0 Å². The van der Waals surface area contributed by atoms with Crippen LogP contribution in [0.1, 0.15) is 6.92 Å². The van der Waals surface area contributed by atoms with Crippen molar-refractivity contribution in [2.24, 2.45) is 0 Å². The molecule has 92 valence electrons. The molecule has 2 rings (SSSR count). The maximum Gasteiger partial charge on any atom is 0.221 e. The SMILES string of the molecule is CC(=O)Nc1ccc(Sc2cccc(Br)n2)cc1. The predicted octanol–water partition coefficient (Wildman–Crippen LogP) is 3.95. The quantitative estimate of drug-likeness (QED) is 0.870. The second-order valence-electron chi connectivity index (χ2n) is 3.61. The molecule has 2 aromatic rings. The van der Waals surface area contributed by atoms with Crippen LogP contribution in [0.15, 0.2) is 57.0 Å². The number of carbonyl (C=O) groups is 1. The number of hydrogen-bond acceptors (Lipinski definition) is 3. The van der Waals surface area contributed by atoms with Crippen molar-refractivity contribution in [1.82, 2.24) is 4.98 Å². The van der Waals surface area contributed by atoms with Gasteiger partial charge < -0.3 is 5.32 Å². The number of amides is 1. The lowest BCUT2D eigenvalue weighted by molar-refractivity contribution is -0.114. The maximum absolute atomic E-state index is 10.9. The zero-order valence-electron chi connectivity index (χ0n) is 9.68. The summed E-state index contributed by atoms with van der Waals surface area (Å²) in [6, 6.07) is 13.5. The Balaban J connectivity index is 2.08. The second kappa shape index (κ2) is 6.02. The summed E-state index contributed by atoms with van der Waals surface area (Å²) in [7, 11) is 0. The molecule has 1 amide bonds. The van der Waals surface area contributed by atoms with Gasteiger partial charge in [0.25, 0.3) is 0 Å². The molecule has 18 heavy (non-hydrogen) atoms. The highest BCUT2D eigenvalue weighted by Gasteiger charge is 2.00. The van der Waals surface area contributed by atoms with Crippen molar-refractivity contribution < 1.29 is 4.79 Å². The van der Waals surface area contributed by atoms with Crippen LogP contribution in [0, 0.1) is 0 Å². The van der Waals surface area contributed by atoms with E-state index in [1.165, 1.54) is 6.92 Å². The van der Waals surface area contributed by atoms with E-state index in [4.69, 9.17) is 0 Å². The Labute approximate surface area is 118 Å². The first-order valence-electron chi connectivity index (χ1n) is 5.31. The molecular formula is C13H11BrN2OS. The number of rotatable bonds is 3. The third-order valence-electron chi connectivity index (χ3n) is 2.09. The Morgan fingerprint density at radius 2 is 1.94 bits per heavy atom. The van der Waals surface area contributed by atoms with Gasteiger partial charge in [-0.15, -0.1) is 0 Å². The van der Waals surface area contributed by atoms with Crippen molar-refractivity contribution in [3.8, 4) is 0 Å². The van der Waals surface area contributed by atoms with Crippen LogP contribution < -0.4 is 5.32 Å². The van der Waals surface area contributed by atoms with Gasteiger partial charge >= 0.3 is 0 Å². The number of aromatic nitrogens is 1. The number of nitrogens with zero attached hydrogens (tertiary/aromatic N) is 1. The van der Waals surface area contributed by atoms with E-state index in [9.17, 15) is 4.79 Å². The average Bonchev–Trinajstić information content (AvgIpc) is 2.31. The summed E-state index contributed by atoms with van der Waals surface area (Å²) in [4.78, 5) is 16.3. The van der Waals surface area contributed by atoms with Gasteiger partial charge in [0.05, 0.1) is 0 Å². The lowest BCUT2D eigenvalue weighted by Crippen LogP contribution is -2.05. The van der Waals surface area contributed by atoms with Crippen LogP contribution in [0.25, 0.3) is 0 Å². The van der Waals surface area contributed by atoms with Gasteiger partial charge in [0.15, 0.2) is 0 Å². The highest BCUT2D eigenvalue weighted by atomic mass is 79.9. The van der Waals surface area contributed by atoms with Crippen LogP contribution in [-0.4, -0.2) is 10.9 Å². The molecule has 0 saturated carbocycles. The minimum Gasteiger partial charge on any atom is -0.326 e. The van der Waals surface area contributed by atoms with E-state index in [1.54, 1.807) is 11.8 Å². The van der Waals surface area contributed by atoms with Crippen molar-refractivity contribution in [2.45, 2.75) is 16.8 Å². The molecule has 1 aromatic heterocycles. The van der Waals surface area contributed by atoms with Crippen LogP contribution >= 0.6 is 27.7 Å². The fourth-order valence-electron chi connectivity index (χ4n) is 1.38. The Bertz CT molecular complexity index is 557. The zero-order valence-corrected chi connectivity index (χ0v) is 12.1. The Morgan fingerprint density at radius 1 is 1.22 bits per heavy atom. The predicted molar refractivity (Wildman–Crippen MR) is 76.8 cm³/mol.